The van der Waals surface area contributed by atoms with Crippen LogP contribution < -0.4 is 10.6 Å². The van der Waals surface area contributed by atoms with E-state index in [4.69, 9.17) is 4.42 Å². The summed E-state index contributed by atoms with van der Waals surface area (Å²) in [6.45, 7) is 2.09. The first-order valence-corrected chi connectivity index (χ1v) is 15.4. The molecular weight excluding hydrogens is 550 g/mol. The van der Waals surface area contributed by atoms with Gasteiger partial charge in [-0.3, -0.25) is 9.59 Å². The highest BCUT2D eigenvalue weighted by atomic mass is 32.2. The van der Waals surface area contributed by atoms with Crippen LogP contribution in [0.3, 0.4) is 0 Å². The predicted molar refractivity (Wildman–Crippen MR) is 153 cm³/mol. The van der Waals surface area contributed by atoms with Crippen LogP contribution in [0.5, 0.6) is 0 Å². The number of amides is 2. The number of sulfone groups is 1. The number of fused-ring (bicyclic) bond motifs is 1. The fraction of sp³-hybridized carbons (Fsp3) is 0.290. The summed E-state index contributed by atoms with van der Waals surface area (Å²) in [7, 11) is -2.07. The van der Waals surface area contributed by atoms with E-state index in [0.29, 0.717) is 33.6 Å². The maximum atomic E-state index is 14.9. The number of hydrogen-bond acceptors (Lipinski definition) is 5. The number of furan rings is 1. The second-order valence-corrected chi connectivity index (χ2v) is 12.7. The van der Waals surface area contributed by atoms with Crippen molar-refractivity contribution in [3.63, 3.8) is 0 Å². The summed E-state index contributed by atoms with van der Waals surface area (Å²) in [5, 5.41) is 5.86. The number of carbonyl (C=O) groups is 2. The van der Waals surface area contributed by atoms with E-state index >= 15 is 0 Å². The zero-order valence-electron chi connectivity index (χ0n) is 22.9. The quantitative estimate of drug-likeness (QED) is 0.271. The minimum absolute atomic E-state index is 0.0152. The maximum Gasteiger partial charge on any atom is 0.255 e. The minimum atomic E-state index is -3.53. The van der Waals surface area contributed by atoms with Gasteiger partial charge >= 0.3 is 0 Å². The number of rotatable bonds is 8. The molecule has 0 saturated heterocycles. The highest BCUT2D eigenvalue weighted by molar-refractivity contribution is 7.89. The molecular formula is C31H30F2N2O5S. The van der Waals surface area contributed by atoms with Crippen LogP contribution >= 0.6 is 0 Å². The smallest absolute Gasteiger partial charge is 0.255 e. The molecule has 1 aromatic heterocycles. The van der Waals surface area contributed by atoms with E-state index in [-0.39, 0.29) is 34.3 Å². The van der Waals surface area contributed by atoms with Crippen LogP contribution in [0, 0.1) is 17.6 Å². The normalized spacial score (nSPS) is 16.8. The molecule has 10 heteroatoms. The third-order valence-corrected chi connectivity index (χ3v) is 8.40. The molecule has 3 aromatic carbocycles. The van der Waals surface area contributed by atoms with Crippen LogP contribution in [0.25, 0.3) is 33.4 Å². The average molecular weight is 581 g/mol. The largest absolute Gasteiger partial charge is 0.455 e. The van der Waals surface area contributed by atoms with Gasteiger partial charge in [0.15, 0.2) is 9.84 Å². The van der Waals surface area contributed by atoms with Crippen LogP contribution in [0.4, 0.5) is 8.78 Å². The zero-order valence-corrected chi connectivity index (χ0v) is 23.7. The van der Waals surface area contributed by atoms with Gasteiger partial charge < -0.3 is 15.1 Å². The molecule has 0 unspecified atom stereocenters. The molecule has 0 atom stereocenters. The Bertz CT molecular complexity index is 1760. The van der Waals surface area contributed by atoms with Gasteiger partial charge in [-0.2, -0.15) is 0 Å². The van der Waals surface area contributed by atoms with Crippen molar-refractivity contribution in [3.05, 3.63) is 82.9 Å². The predicted octanol–water partition coefficient (Wildman–Crippen LogP) is 5.87. The Morgan fingerprint density at radius 2 is 1.66 bits per heavy atom. The maximum absolute atomic E-state index is 14.9. The first-order valence-electron chi connectivity index (χ1n) is 13.3. The van der Waals surface area contributed by atoms with Crippen LogP contribution in [-0.4, -0.2) is 39.6 Å². The van der Waals surface area contributed by atoms with E-state index in [9.17, 15) is 26.8 Å². The first-order chi connectivity index (χ1) is 19.5. The molecule has 214 valence electrons. The van der Waals surface area contributed by atoms with Gasteiger partial charge in [0.25, 0.3) is 11.8 Å². The van der Waals surface area contributed by atoms with Crippen molar-refractivity contribution in [2.45, 2.75) is 38.0 Å². The Balaban J connectivity index is 1.66. The van der Waals surface area contributed by atoms with E-state index in [0.717, 1.165) is 25.5 Å². The Morgan fingerprint density at radius 3 is 2.29 bits per heavy atom. The Labute approximate surface area is 236 Å². The molecule has 2 N–H and O–H groups in total. The summed E-state index contributed by atoms with van der Waals surface area (Å²) >= 11 is 0. The van der Waals surface area contributed by atoms with Crippen LogP contribution in [-0.2, 0) is 15.6 Å². The lowest BCUT2D eigenvalue weighted by atomic mass is 9.78. The number of benzene rings is 3. The number of halogens is 2. The van der Waals surface area contributed by atoms with Crippen molar-refractivity contribution < 1.29 is 31.2 Å². The molecule has 0 aliphatic heterocycles. The number of nitrogens with one attached hydrogen (secondary N) is 2. The molecule has 0 spiro atoms. The molecule has 1 aliphatic carbocycles. The summed E-state index contributed by atoms with van der Waals surface area (Å²) in [6, 6.07) is 12.6. The van der Waals surface area contributed by atoms with E-state index in [1.165, 1.54) is 55.6 Å². The van der Waals surface area contributed by atoms with Gasteiger partial charge in [0.1, 0.15) is 23.0 Å². The molecule has 1 heterocycles. The summed E-state index contributed by atoms with van der Waals surface area (Å²) in [5.74, 6) is -1.78. The van der Waals surface area contributed by atoms with E-state index < -0.39 is 33.3 Å². The second-order valence-electron chi connectivity index (χ2n) is 10.6. The van der Waals surface area contributed by atoms with Crippen molar-refractivity contribution in [2.24, 2.45) is 5.92 Å². The lowest BCUT2D eigenvalue weighted by molar-refractivity contribution is 0.0883. The first kappa shape index (κ1) is 28.5. The van der Waals surface area contributed by atoms with Crippen molar-refractivity contribution >= 4 is 32.6 Å². The van der Waals surface area contributed by atoms with Gasteiger partial charge in [0.05, 0.1) is 16.9 Å². The Morgan fingerprint density at radius 1 is 0.976 bits per heavy atom. The molecule has 0 radical (unpaired) electrons. The molecule has 1 fully saturated rings. The summed E-state index contributed by atoms with van der Waals surface area (Å²) in [6.07, 6.45) is 3.81. The second kappa shape index (κ2) is 11.1. The third kappa shape index (κ3) is 5.88. The number of carbonyl (C=O) groups excluding carboxylic acids is 2. The number of hydrogen-bond donors (Lipinski definition) is 2. The van der Waals surface area contributed by atoms with Gasteiger partial charge in [0, 0.05) is 30.3 Å². The van der Waals surface area contributed by atoms with Crippen molar-refractivity contribution in [1.29, 1.82) is 0 Å². The average Bonchev–Trinajstić information content (AvgIpc) is 3.27. The van der Waals surface area contributed by atoms with Crippen LogP contribution in [0.15, 0.2) is 59.0 Å². The van der Waals surface area contributed by atoms with Crippen molar-refractivity contribution in [1.82, 2.24) is 10.6 Å². The molecule has 2 amide bonds. The summed E-state index contributed by atoms with van der Waals surface area (Å²) < 4.78 is 59.3. The fourth-order valence-electron chi connectivity index (χ4n) is 5.33. The lowest BCUT2D eigenvalue weighted by Gasteiger charge is -2.35. The van der Waals surface area contributed by atoms with Crippen molar-refractivity contribution in [3.8, 4) is 22.5 Å². The Kier molecular flexibility index (Phi) is 7.70. The van der Waals surface area contributed by atoms with Gasteiger partial charge in [-0.15, -0.1) is 0 Å². The fourth-order valence-corrected chi connectivity index (χ4v) is 6.13. The van der Waals surface area contributed by atoms with Gasteiger partial charge in [-0.25, -0.2) is 17.2 Å². The molecule has 1 saturated carbocycles. The highest BCUT2D eigenvalue weighted by Crippen LogP contribution is 2.39. The summed E-state index contributed by atoms with van der Waals surface area (Å²) in [5.41, 5.74) is 1.89. The topological polar surface area (TPSA) is 105 Å². The molecule has 41 heavy (non-hydrogen) atoms. The summed E-state index contributed by atoms with van der Waals surface area (Å²) in [4.78, 5) is 26.0. The van der Waals surface area contributed by atoms with E-state index in [1.807, 2.05) is 0 Å². The zero-order chi connectivity index (χ0) is 29.5. The SMILES string of the molecule is CCC1CC(NC(=O)c2cc(-c3cc4c(C(=O)NC)c(-c5ccc(F)cc5)oc4cc3CS(C)(=O)=O)ccc2F)C1. The van der Waals surface area contributed by atoms with Crippen LogP contribution in [0.2, 0.25) is 0 Å². The van der Waals surface area contributed by atoms with Crippen molar-refractivity contribution in [2.75, 3.05) is 13.3 Å². The minimum Gasteiger partial charge on any atom is -0.455 e. The van der Waals surface area contributed by atoms with E-state index in [1.54, 1.807) is 6.07 Å². The lowest BCUT2D eigenvalue weighted by Crippen LogP contribution is -2.44. The monoisotopic (exact) mass is 580 g/mol. The molecule has 1 aliphatic rings. The molecule has 0 bridgehead atoms. The molecule has 5 rings (SSSR count). The molecule has 4 aromatic rings. The van der Waals surface area contributed by atoms with Gasteiger partial charge in [-0.05, 0) is 84.0 Å². The van der Waals surface area contributed by atoms with Crippen LogP contribution in [0.1, 0.15) is 52.5 Å². The van der Waals surface area contributed by atoms with E-state index in [2.05, 4.69) is 17.6 Å². The Hall–Kier alpha value is -4.05. The van der Waals surface area contributed by atoms with Gasteiger partial charge in [0.2, 0.25) is 0 Å². The molecule has 7 nitrogen and oxygen atoms in total. The third-order valence-electron chi connectivity index (χ3n) is 7.56. The standard InChI is InChI=1S/C31H30F2N2O5S/c1-4-17-11-22(12-17)35-30(36)24-13-19(7-10-26(24)33)23-15-25-27(14-20(23)16-41(3,38)39)40-29(28(25)31(37)34-2)18-5-8-21(32)9-6-18/h5-10,13-15,17,22H,4,11-12,16H2,1-3H3,(H,34,37)(H,35,36). The van der Waals surface area contributed by atoms with Gasteiger partial charge in [-0.1, -0.05) is 19.4 Å². The highest BCUT2D eigenvalue weighted by Gasteiger charge is 2.30.